The first-order valence-corrected chi connectivity index (χ1v) is 20.3. The van der Waals surface area contributed by atoms with Crippen molar-refractivity contribution in [1.29, 1.82) is 0 Å². The molecule has 12 rings (SSSR count). The molecule has 5 heterocycles. The molecule has 0 radical (unpaired) electrons. The van der Waals surface area contributed by atoms with Crippen molar-refractivity contribution in [2.24, 2.45) is 0 Å². The molecule has 5 nitrogen and oxygen atoms in total. The van der Waals surface area contributed by atoms with Crippen molar-refractivity contribution >= 4 is 106 Å². The second-order valence-corrected chi connectivity index (χ2v) is 18.2. The monoisotopic (exact) mass is 752 g/mol. The van der Waals surface area contributed by atoms with E-state index in [0.29, 0.717) is 7.28 Å². The number of para-hydroxylation sites is 2. The van der Waals surface area contributed by atoms with Gasteiger partial charge in [0.05, 0.1) is 16.9 Å². The van der Waals surface area contributed by atoms with Crippen molar-refractivity contribution in [3.8, 4) is 16.8 Å². The second kappa shape index (κ2) is 11.5. The number of hydrogen-bond acceptors (Lipinski definition) is 4. The fourth-order valence-corrected chi connectivity index (χ4v) is 9.49. The third-order valence-corrected chi connectivity index (χ3v) is 12.5. The van der Waals surface area contributed by atoms with Gasteiger partial charge in [0.25, 0.3) is 0 Å². The van der Waals surface area contributed by atoms with Crippen molar-refractivity contribution < 1.29 is 13.3 Å². The quantitative estimate of drug-likeness (QED) is 0.183. The minimum absolute atomic E-state index is 0.0155. The van der Waals surface area contributed by atoms with Crippen LogP contribution >= 0.6 is 0 Å². The van der Waals surface area contributed by atoms with E-state index in [0.717, 1.165) is 94.2 Å². The number of aromatic nitrogens is 1. The Morgan fingerprint density at radius 1 is 0.483 bits per heavy atom. The zero-order valence-electron chi connectivity index (χ0n) is 33.5. The van der Waals surface area contributed by atoms with Crippen LogP contribution in [0.1, 0.15) is 52.7 Å². The van der Waals surface area contributed by atoms with Gasteiger partial charge in [-0.2, -0.15) is 0 Å². The van der Waals surface area contributed by atoms with Gasteiger partial charge in [0, 0.05) is 66.2 Å². The van der Waals surface area contributed by atoms with Crippen molar-refractivity contribution in [3.63, 3.8) is 0 Å². The lowest BCUT2D eigenvalue weighted by Gasteiger charge is -2.22. The molecule has 280 valence electrons. The highest BCUT2D eigenvalue weighted by molar-refractivity contribution is 6.73. The van der Waals surface area contributed by atoms with E-state index in [2.05, 4.69) is 167 Å². The van der Waals surface area contributed by atoms with Crippen LogP contribution < -0.4 is 16.4 Å². The summed E-state index contributed by atoms with van der Waals surface area (Å²) in [5.74, 6) is 0. The van der Waals surface area contributed by atoms with Gasteiger partial charge in [-0.15, -0.1) is 0 Å². The van der Waals surface area contributed by atoms with Gasteiger partial charge in [-0.05, 0) is 87.6 Å². The highest BCUT2D eigenvalue weighted by atomic mass is 16.3. The maximum Gasteiger partial charge on any atom is 0.244 e. The molecule has 0 saturated carbocycles. The molecule has 4 aromatic heterocycles. The fourth-order valence-electron chi connectivity index (χ4n) is 9.49. The number of nitrogens with one attached hydrogen (secondary N) is 1. The van der Waals surface area contributed by atoms with Crippen LogP contribution in [0, 0.1) is 0 Å². The van der Waals surface area contributed by atoms with Gasteiger partial charge in [0.1, 0.15) is 27.9 Å². The summed E-state index contributed by atoms with van der Waals surface area (Å²) in [6.07, 6.45) is 0. The van der Waals surface area contributed by atoms with Crippen molar-refractivity contribution in [2.75, 3.05) is 5.32 Å². The molecule has 0 saturated heterocycles. The van der Waals surface area contributed by atoms with Crippen LogP contribution in [0.2, 0.25) is 0 Å². The SMILES string of the molecule is CC(C)(C)c1ccc(Nc2cc3c(cc2-c2ccc4c5cc6c(cc5n5c4c2Bc2oc4ccc(C(C)(C)C)cc4c2-5)oc2ccccc26)oc2ccccc23)cc1. The first kappa shape index (κ1) is 33.5. The van der Waals surface area contributed by atoms with Crippen LogP contribution in [0.15, 0.2) is 141 Å². The van der Waals surface area contributed by atoms with Crippen LogP contribution in [0.4, 0.5) is 11.4 Å². The van der Waals surface area contributed by atoms with Crippen molar-refractivity contribution in [3.05, 3.63) is 139 Å². The minimum Gasteiger partial charge on any atom is -0.469 e. The van der Waals surface area contributed by atoms with Gasteiger partial charge in [0.2, 0.25) is 7.28 Å². The van der Waals surface area contributed by atoms with Crippen molar-refractivity contribution in [1.82, 2.24) is 4.57 Å². The summed E-state index contributed by atoms with van der Waals surface area (Å²) in [6.45, 7) is 13.6. The maximum atomic E-state index is 6.89. The Hall–Kier alpha value is -6.66. The van der Waals surface area contributed by atoms with Gasteiger partial charge in [-0.25, -0.2) is 0 Å². The fraction of sp³-hybridized carbons (Fsp3) is 0.154. The summed E-state index contributed by atoms with van der Waals surface area (Å²) in [7, 11) is 0.648. The molecule has 1 aliphatic rings. The molecule has 0 fully saturated rings. The van der Waals surface area contributed by atoms with E-state index in [4.69, 9.17) is 13.3 Å². The first-order valence-electron chi connectivity index (χ1n) is 20.3. The molecule has 0 spiro atoms. The Morgan fingerprint density at radius 2 is 1.12 bits per heavy atom. The van der Waals surface area contributed by atoms with Crippen LogP contribution in [0.5, 0.6) is 0 Å². The molecule has 0 amide bonds. The van der Waals surface area contributed by atoms with Gasteiger partial charge in [-0.1, -0.05) is 108 Å². The van der Waals surface area contributed by atoms with Crippen LogP contribution in [-0.4, -0.2) is 11.8 Å². The van der Waals surface area contributed by atoms with Gasteiger partial charge in [-0.3, -0.25) is 0 Å². The van der Waals surface area contributed by atoms with Crippen molar-refractivity contribution in [2.45, 2.75) is 52.4 Å². The van der Waals surface area contributed by atoms with Gasteiger partial charge < -0.3 is 23.1 Å². The van der Waals surface area contributed by atoms with Crippen LogP contribution in [0.25, 0.3) is 93.5 Å². The Kier molecular flexibility index (Phi) is 6.63. The molecule has 0 aliphatic carbocycles. The molecule has 0 atom stereocenters. The third-order valence-electron chi connectivity index (χ3n) is 12.5. The smallest absolute Gasteiger partial charge is 0.244 e. The van der Waals surface area contributed by atoms with Crippen LogP contribution in [-0.2, 0) is 10.8 Å². The Balaban J connectivity index is 1.16. The zero-order chi connectivity index (χ0) is 39.2. The number of anilines is 2. The van der Waals surface area contributed by atoms with E-state index in [1.165, 1.54) is 32.9 Å². The first-order chi connectivity index (χ1) is 28.0. The number of furan rings is 3. The number of nitrogens with zero attached hydrogens (tertiary/aromatic N) is 1. The van der Waals surface area contributed by atoms with Gasteiger partial charge in [0.15, 0.2) is 0 Å². The summed E-state index contributed by atoms with van der Waals surface area (Å²) in [4.78, 5) is 0. The molecule has 7 aromatic carbocycles. The average molecular weight is 753 g/mol. The molecule has 6 heteroatoms. The number of hydrogen-bond donors (Lipinski definition) is 1. The maximum absolute atomic E-state index is 6.89. The normalized spacial score (nSPS) is 13.1. The lowest BCUT2D eigenvalue weighted by molar-refractivity contribution is 0.590. The summed E-state index contributed by atoms with van der Waals surface area (Å²) in [5, 5.41) is 11.8. The molecule has 1 N–H and O–H groups in total. The predicted octanol–water partition coefficient (Wildman–Crippen LogP) is 13.0. The van der Waals surface area contributed by atoms with E-state index in [-0.39, 0.29) is 10.8 Å². The van der Waals surface area contributed by atoms with E-state index in [9.17, 15) is 0 Å². The number of rotatable bonds is 3. The summed E-state index contributed by atoms with van der Waals surface area (Å²) >= 11 is 0. The summed E-state index contributed by atoms with van der Waals surface area (Å²) in [5.41, 5.74) is 16.9. The highest BCUT2D eigenvalue weighted by Gasteiger charge is 2.32. The Labute approximate surface area is 336 Å². The van der Waals surface area contributed by atoms with E-state index in [1.54, 1.807) is 0 Å². The Morgan fingerprint density at radius 3 is 1.83 bits per heavy atom. The number of fused-ring (bicyclic) bond motifs is 13. The highest BCUT2D eigenvalue weighted by Crippen LogP contribution is 2.44. The minimum atomic E-state index is -0.0155. The largest absolute Gasteiger partial charge is 0.469 e. The lowest BCUT2D eigenvalue weighted by atomic mass is 9.62. The topological polar surface area (TPSA) is 56.4 Å². The van der Waals surface area contributed by atoms with Crippen LogP contribution in [0.3, 0.4) is 0 Å². The molecule has 11 aromatic rings. The number of benzene rings is 7. The summed E-state index contributed by atoms with van der Waals surface area (Å²) in [6, 6.07) is 45.9. The second-order valence-electron chi connectivity index (χ2n) is 18.2. The van der Waals surface area contributed by atoms with E-state index >= 15 is 0 Å². The molecule has 58 heavy (non-hydrogen) atoms. The molecular weight excluding hydrogens is 711 g/mol. The Bertz CT molecular complexity index is 3530. The standard InChI is InChI=1S/C52H41BN2O3/c1-51(2,3)28-15-18-30(19-16-28)54-40-25-38-32-12-8-10-14-43(32)56-45(38)26-35(40)33-20-21-34-36-24-37-31-11-7-9-13-42(31)57-46(37)27-41(36)55-48(34)47(33)53-50-49(55)39-23-29(52(4,5)6)17-22-44(39)58-50/h7-27,53-54H,1-6H3. The summed E-state index contributed by atoms with van der Waals surface area (Å²) < 4.78 is 22.4. The molecule has 1 aliphatic heterocycles. The zero-order valence-corrected chi connectivity index (χ0v) is 33.5. The average Bonchev–Trinajstić information content (AvgIpc) is 3.95. The van der Waals surface area contributed by atoms with E-state index < -0.39 is 0 Å². The molecule has 0 unspecified atom stereocenters. The van der Waals surface area contributed by atoms with E-state index in [1.807, 2.05) is 12.1 Å². The lowest BCUT2D eigenvalue weighted by Crippen LogP contribution is -2.36. The van der Waals surface area contributed by atoms with Gasteiger partial charge >= 0.3 is 0 Å². The third kappa shape index (κ3) is 4.78. The predicted molar refractivity (Wildman–Crippen MR) is 244 cm³/mol. The molecular formula is C52H41BN2O3. The molecule has 0 bridgehead atoms.